The topological polar surface area (TPSA) is 3.24 Å². The highest BCUT2D eigenvalue weighted by Gasteiger charge is 2.04. The van der Waals surface area contributed by atoms with Gasteiger partial charge in [-0.15, -0.1) is 11.8 Å². The van der Waals surface area contributed by atoms with Gasteiger partial charge in [0, 0.05) is 16.7 Å². The summed E-state index contributed by atoms with van der Waals surface area (Å²) >= 11 is 1.92. The predicted molar refractivity (Wildman–Crippen MR) is 60.3 cm³/mol. The fourth-order valence-corrected chi connectivity index (χ4v) is 1.96. The van der Waals surface area contributed by atoms with Gasteiger partial charge in [-0.05, 0) is 33.2 Å². The van der Waals surface area contributed by atoms with E-state index in [2.05, 4.69) is 56.3 Å². The average molecular weight is 195 g/mol. The van der Waals surface area contributed by atoms with E-state index in [1.165, 1.54) is 4.90 Å². The summed E-state index contributed by atoms with van der Waals surface area (Å²) in [4.78, 5) is 3.60. The van der Waals surface area contributed by atoms with Crippen LogP contribution < -0.4 is 0 Å². The summed E-state index contributed by atoms with van der Waals surface area (Å²) in [5.74, 6) is 1.15. The maximum absolute atomic E-state index is 2.25. The highest BCUT2D eigenvalue weighted by atomic mass is 32.2. The Balaban J connectivity index is 2.35. The summed E-state index contributed by atoms with van der Waals surface area (Å²) in [6.45, 7) is 2.25. The van der Waals surface area contributed by atoms with Crippen molar-refractivity contribution >= 4 is 11.8 Å². The van der Waals surface area contributed by atoms with Crippen LogP contribution in [-0.2, 0) is 0 Å². The minimum absolute atomic E-state index is 0.630. The van der Waals surface area contributed by atoms with Crippen molar-refractivity contribution in [1.29, 1.82) is 0 Å². The Morgan fingerprint density at radius 3 is 2.38 bits per heavy atom. The lowest BCUT2D eigenvalue weighted by molar-refractivity contribution is 0.340. The van der Waals surface area contributed by atoms with Gasteiger partial charge in [0.15, 0.2) is 0 Å². The zero-order valence-corrected chi connectivity index (χ0v) is 9.34. The molecule has 1 aromatic rings. The molecule has 0 N–H and O–H groups in total. The maximum atomic E-state index is 2.25. The number of thioether (sulfide) groups is 1. The molecular weight excluding hydrogens is 178 g/mol. The van der Waals surface area contributed by atoms with Crippen molar-refractivity contribution in [2.24, 2.45) is 0 Å². The van der Waals surface area contributed by atoms with Crippen molar-refractivity contribution in [1.82, 2.24) is 4.90 Å². The quantitative estimate of drug-likeness (QED) is 0.680. The molecule has 1 nitrogen and oxygen atoms in total. The van der Waals surface area contributed by atoms with Crippen LogP contribution in [0.1, 0.15) is 6.92 Å². The Morgan fingerprint density at radius 2 is 1.85 bits per heavy atom. The molecule has 1 atom stereocenters. The molecule has 0 aromatic heterocycles. The van der Waals surface area contributed by atoms with Gasteiger partial charge in [-0.25, -0.2) is 0 Å². The van der Waals surface area contributed by atoms with Crippen LogP contribution in [0.2, 0.25) is 0 Å². The first-order chi connectivity index (χ1) is 6.20. The smallest absolute Gasteiger partial charge is 0.0155 e. The number of nitrogens with zero attached hydrogens (tertiary/aromatic N) is 1. The molecule has 0 amide bonds. The molecule has 1 aromatic carbocycles. The summed E-state index contributed by atoms with van der Waals surface area (Å²) in [7, 11) is 4.24. The third-order valence-corrected chi connectivity index (χ3v) is 3.37. The lowest BCUT2D eigenvalue weighted by Gasteiger charge is -2.18. The van der Waals surface area contributed by atoms with Gasteiger partial charge in [0.2, 0.25) is 0 Å². The normalized spacial score (nSPS) is 13.2. The Kier molecular flexibility index (Phi) is 4.33. The van der Waals surface area contributed by atoms with Crippen molar-refractivity contribution in [3.8, 4) is 0 Å². The highest BCUT2D eigenvalue weighted by Crippen LogP contribution is 2.18. The molecule has 0 heterocycles. The SMILES string of the molecule is CC(CSc1ccccc1)N(C)C. The minimum Gasteiger partial charge on any atom is -0.306 e. The third kappa shape index (κ3) is 3.83. The molecule has 0 spiro atoms. The maximum Gasteiger partial charge on any atom is 0.0155 e. The van der Waals surface area contributed by atoms with Gasteiger partial charge in [0.1, 0.15) is 0 Å². The van der Waals surface area contributed by atoms with E-state index < -0.39 is 0 Å². The van der Waals surface area contributed by atoms with E-state index in [1.807, 2.05) is 11.8 Å². The van der Waals surface area contributed by atoms with Crippen molar-refractivity contribution in [3.63, 3.8) is 0 Å². The van der Waals surface area contributed by atoms with Gasteiger partial charge in [0.25, 0.3) is 0 Å². The van der Waals surface area contributed by atoms with Crippen molar-refractivity contribution in [2.75, 3.05) is 19.8 Å². The van der Waals surface area contributed by atoms with Crippen molar-refractivity contribution in [3.05, 3.63) is 30.3 Å². The van der Waals surface area contributed by atoms with Crippen LogP contribution in [0.15, 0.2) is 35.2 Å². The Bertz CT molecular complexity index is 233. The number of benzene rings is 1. The van der Waals surface area contributed by atoms with Crippen LogP contribution in [0.3, 0.4) is 0 Å². The first kappa shape index (κ1) is 10.6. The zero-order valence-electron chi connectivity index (χ0n) is 8.53. The first-order valence-corrected chi connectivity index (χ1v) is 5.53. The molecule has 1 rings (SSSR count). The Morgan fingerprint density at radius 1 is 1.23 bits per heavy atom. The molecule has 0 saturated carbocycles. The van der Waals surface area contributed by atoms with Crippen molar-refractivity contribution in [2.45, 2.75) is 17.9 Å². The standard InChI is InChI=1S/C11H17NS/c1-10(12(2)3)9-13-11-7-5-4-6-8-11/h4-8,10H,9H2,1-3H3. The molecule has 1 unspecified atom stereocenters. The number of rotatable bonds is 4. The second-order valence-electron chi connectivity index (χ2n) is 3.44. The highest BCUT2D eigenvalue weighted by molar-refractivity contribution is 7.99. The van der Waals surface area contributed by atoms with Crippen LogP contribution in [0.4, 0.5) is 0 Å². The summed E-state index contributed by atoms with van der Waals surface area (Å²) in [5.41, 5.74) is 0. The van der Waals surface area contributed by atoms with Crippen LogP contribution in [0.25, 0.3) is 0 Å². The largest absolute Gasteiger partial charge is 0.306 e. The van der Waals surface area contributed by atoms with Gasteiger partial charge in [-0.3, -0.25) is 0 Å². The van der Waals surface area contributed by atoms with Crippen LogP contribution in [0, 0.1) is 0 Å². The van der Waals surface area contributed by atoms with E-state index in [4.69, 9.17) is 0 Å². The van der Waals surface area contributed by atoms with E-state index >= 15 is 0 Å². The molecular formula is C11H17NS. The third-order valence-electron chi connectivity index (χ3n) is 2.12. The summed E-state index contributed by atoms with van der Waals surface area (Å²) in [6, 6.07) is 11.2. The molecule has 0 aliphatic heterocycles. The molecule has 0 bridgehead atoms. The van der Waals surface area contributed by atoms with Gasteiger partial charge < -0.3 is 4.90 Å². The van der Waals surface area contributed by atoms with E-state index in [0.717, 1.165) is 5.75 Å². The minimum atomic E-state index is 0.630. The molecule has 0 fully saturated rings. The second kappa shape index (κ2) is 5.30. The van der Waals surface area contributed by atoms with E-state index in [-0.39, 0.29) is 0 Å². The molecule has 13 heavy (non-hydrogen) atoms. The summed E-state index contributed by atoms with van der Waals surface area (Å²) in [5, 5.41) is 0. The van der Waals surface area contributed by atoms with Crippen LogP contribution >= 0.6 is 11.8 Å². The summed E-state index contributed by atoms with van der Waals surface area (Å²) < 4.78 is 0. The van der Waals surface area contributed by atoms with Crippen LogP contribution in [-0.4, -0.2) is 30.8 Å². The monoisotopic (exact) mass is 195 g/mol. The lowest BCUT2D eigenvalue weighted by Crippen LogP contribution is -2.26. The Labute approximate surface area is 85.1 Å². The van der Waals surface area contributed by atoms with Gasteiger partial charge in [0.05, 0.1) is 0 Å². The molecule has 0 aliphatic rings. The molecule has 0 saturated heterocycles. The fraction of sp³-hybridized carbons (Fsp3) is 0.455. The molecule has 72 valence electrons. The average Bonchev–Trinajstić information content (AvgIpc) is 2.15. The zero-order chi connectivity index (χ0) is 9.68. The second-order valence-corrected chi connectivity index (χ2v) is 4.53. The van der Waals surface area contributed by atoms with Gasteiger partial charge in [-0.1, -0.05) is 18.2 Å². The van der Waals surface area contributed by atoms with Crippen molar-refractivity contribution < 1.29 is 0 Å². The predicted octanol–water partition coefficient (Wildman–Crippen LogP) is 2.73. The van der Waals surface area contributed by atoms with E-state index in [9.17, 15) is 0 Å². The molecule has 0 radical (unpaired) electrons. The van der Waals surface area contributed by atoms with Gasteiger partial charge >= 0.3 is 0 Å². The first-order valence-electron chi connectivity index (χ1n) is 4.54. The van der Waals surface area contributed by atoms with Gasteiger partial charge in [-0.2, -0.15) is 0 Å². The molecule has 2 heteroatoms. The molecule has 0 aliphatic carbocycles. The lowest BCUT2D eigenvalue weighted by atomic mass is 10.4. The number of hydrogen-bond donors (Lipinski definition) is 0. The Hall–Kier alpha value is -0.470. The summed E-state index contributed by atoms with van der Waals surface area (Å²) in [6.07, 6.45) is 0. The van der Waals surface area contributed by atoms with Crippen LogP contribution in [0.5, 0.6) is 0 Å². The van der Waals surface area contributed by atoms with E-state index in [1.54, 1.807) is 0 Å². The van der Waals surface area contributed by atoms with E-state index in [0.29, 0.717) is 6.04 Å². The number of hydrogen-bond acceptors (Lipinski definition) is 2. The fourth-order valence-electron chi connectivity index (χ4n) is 0.883.